The average Bonchev–Trinajstić information content (AvgIpc) is 2.89. The van der Waals surface area contributed by atoms with Gasteiger partial charge in [-0.1, -0.05) is 13.8 Å². The maximum absolute atomic E-state index is 4.42. The van der Waals surface area contributed by atoms with Crippen LogP contribution in [0.5, 0.6) is 0 Å². The van der Waals surface area contributed by atoms with Crippen molar-refractivity contribution in [3.05, 3.63) is 41.7 Å². The van der Waals surface area contributed by atoms with E-state index in [-0.39, 0.29) is 6.04 Å². The summed E-state index contributed by atoms with van der Waals surface area (Å²) in [6.45, 7) is 6.40. The third-order valence-corrected chi connectivity index (χ3v) is 3.78. The summed E-state index contributed by atoms with van der Waals surface area (Å²) in [7, 11) is 0. The fourth-order valence-electron chi connectivity index (χ4n) is 2.64. The molecule has 1 atom stereocenters. The fourth-order valence-corrected chi connectivity index (χ4v) is 2.64. The summed E-state index contributed by atoms with van der Waals surface area (Å²) in [5.74, 6) is 2.84. The number of aromatic nitrogens is 4. The Morgan fingerprint density at radius 3 is 2.85 bits per heavy atom. The molecule has 5 heteroatoms. The summed E-state index contributed by atoms with van der Waals surface area (Å²) in [5.41, 5.74) is 1.20. The van der Waals surface area contributed by atoms with E-state index in [0.717, 1.165) is 37.6 Å². The van der Waals surface area contributed by atoms with Gasteiger partial charge >= 0.3 is 0 Å². The van der Waals surface area contributed by atoms with Crippen molar-refractivity contribution in [3.63, 3.8) is 0 Å². The van der Waals surface area contributed by atoms with Crippen LogP contribution in [0.4, 0.5) is 0 Å². The lowest BCUT2D eigenvalue weighted by Gasteiger charge is -2.25. The number of aryl methyl sites for hydroxylation is 1. The standard InChI is InChI=1S/C15H21N5/c1-11(2)3-4-13-18-19-15-14(17-9-10-20(13)15)12-5-7-16-8-6-12/h5-8,11,14,17H,3-4,9-10H2,1-2H3. The Bertz CT molecular complexity index is 561. The highest BCUT2D eigenvalue weighted by atomic mass is 15.3. The Morgan fingerprint density at radius 2 is 2.10 bits per heavy atom. The van der Waals surface area contributed by atoms with E-state index in [0.29, 0.717) is 5.92 Å². The van der Waals surface area contributed by atoms with Crippen molar-refractivity contribution < 1.29 is 0 Å². The van der Waals surface area contributed by atoms with Crippen LogP contribution in [0.3, 0.4) is 0 Å². The van der Waals surface area contributed by atoms with Crippen LogP contribution >= 0.6 is 0 Å². The maximum Gasteiger partial charge on any atom is 0.154 e. The van der Waals surface area contributed by atoms with Gasteiger partial charge in [0, 0.05) is 31.9 Å². The fraction of sp³-hybridized carbons (Fsp3) is 0.533. The Morgan fingerprint density at radius 1 is 1.30 bits per heavy atom. The van der Waals surface area contributed by atoms with Gasteiger partial charge in [0.15, 0.2) is 5.82 Å². The van der Waals surface area contributed by atoms with Gasteiger partial charge in [-0.15, -0.1) is 10.2 Å². The smallest absolute Gasteiger partial charge is 0.154 e. The number of fused-ring (bicyclic) bond motifs is 1. The number of nitrogens with one attached hydrogen (secondary N) is 1. The second-order valence-corrected chi connectivity index (χ2v) is 5.73. The zero-order valence-electron chi connectivity index (χ0n) is 12.1. The van der Waals surface area contributed by atoms with Crippen molar-refractivity contribution in [2.75, 3.05) is 6.54 Å². The topological polar surface area (TPSA) is 55.6 Å². The van der Waals surface area contributed by atoms with Crippen molar-refractivity contribution in [3.8, 4) is 0 Å². The number of hydrogen-bond donors (Lipinski definition) is 1. The van der Waals surface area contributed by atoms with E-state index in [2.05, 4.69) is 38.9 Å². The summed E-state index contributed by atoms with van der Waals surface area (Å²) in [4.78, 5) is 4.08. The van der Waals surface area contributed by atoms with Gasteiger partial charge < -0.3 is 9.88 Å². The van der Waals surface area contributed by atoms with Crippen molar-refractivity contribution in [2.24, 2.45) is 5.92 Å². The van der Waals surface area contributed by atoms with Gasteiger partial charge in [-0.25, -0.2) is 0 Å². The van der Waals surface area contributed by atoms with E-state index in [4.69, 9.17) is 0 Å². The van der Waals surface area contributed by atoms with E-state index in [1.807, 2.05) is 24.5 Å². The molecule has 0 saturated carbocycles. The molecule has 1 N–H and O–H groups in total. The molecule has 0 aromatic carbocycles. The minimum Gasteiger partial charge on any atom is -0.312 e. The van der Waals surface area contributed by atoms with E-state index in [9.17, 15) is 0 Å². The Hall–Kier alpha value is -1.75. The normalized spacial score (nSPS) is 18.2. The van der Waals surface area contributed by atoms with Gasteiger partial charge in [0.2, 0.25) is 0 Å². The zero-order chi connectivity index (χ0) is 13.9. The van der Waals surface area contributed by atoms with E-state index in [1.54, 1.807) is 0 Å². The first-order chi connectivity index (χ1) is 9.75. The molecule has 20 heavy (non-hydrogen) atoms. The van der Waals surface area contributed by atoms with Gasteiger partial charge in [0.05, 0.1) is 6.04 Å². The van der Waals surface area contributed by atoms with Crippen LogP contribution in [-0.2, 0) is 13.0 Å². The molecule has 0 saturated heterocycles. The molecule has 2 aromatic rings. The summed E-state index contributed by atoms with van der Waals surface area (Å²) >= 11 is 0. The van der Waals surface area contributed by atoms with Gasteiger partial charge in [-0.3, -0.25) is 4.98 Å². The van der Waals surface area contributed by atoms with Crippen LogP contribution in [-0.4, -0.2) is 26.3 Å². The minimum atomic E-state index is 0.132. The average molecular weight is 271 g/mol. The number of pyridine rings is 1. The van der Waals surface area contributed by atoms with Gasteiger partial charge in [-0.05, 0) is 30.0 Å². The first kappa shape index (κ1) is 13.2. The highest BCUT2D eigenvalue weighted by molar-refractivity contribution is 5.24. The van der Waals surface area contributed by atoms with Crippen LogP contribution < -0.4 is 5.32 Å². The molecule has 3 heterocycles. The molecule has 1 unspecified atom stereocenters. The molecule has 2 aromatic heterocycles. The second-order valence-electron chi connectivity index (χ2n) is 5.73. The first-order valence-electron chi connectivity index (χ1n) is 7.31. The highest BCUT2D eigenvalue weighted by Gasteiger charge is 2.25. The zero-order valence-corrected chi connectivity index (χ0v) is 12.1. The SMILES string of the molecule is CC(C)CCc1nnc2n1CCNC2c1ccncc1. The number of rotatable bonds is 4. The van der Waals surface area contributed by atoms with Crippen LogP contribution in [0.2, 0.25) is 0 Å². The largest absolute Gasteiger partial charge is 0.312 e. The lowest BCUT2D eigenvalue weighted by molar-refractivity contribution is 0.442. The van der Waals surface area contributed by atoms with Gasteiger partial charge in [0.25, 0.3) is 0 Å². The van der Waals surface area contributed by atoms with Crippen molar-refractivity contribution in [1.29, 1.82) is 0 Å². The summed E-state index contributed by atoms with van der Waals surface area (Å²) in [6.07, 6.45) is 5.82. The molecule has 1 aliphatic heterocycles. The predicted molar refractivity (Wildman–Crippen MR) is 77.3 cm³/mol. The third kappa shape index (κ3) is 2.58. The molecule has 0 fully saturated rings. The molecule has 0 amide bonds. The van der Waals surface area contributed by atoms with E-state index >= 15 is 0 Å². The van der Waals surface area contributed by atoms with Crippen LogP contribution in [0.1, 0.15) is 43.5 Å². The van der Waals surface area contributed by atoms with Gasteiger partial charge in [-0.2, -0.15) is 0 Å². The van der Waals surface area contributed by atoms with Crippen LogP contribution in [0.25, 0.3) is 0 Å². The number of hydrogen-bond acceptors (Lipinski definition) is 4. The predicted octanol–water partition coefficient (Wildman–Crippen LogP) is 1.95. The van der Waals surface area contributed by atoms with Crippen molar-refractivity contribution in [1.82, 2.24) is 25.1 Å². The van der Waals surface area contributed by atoms with E-state index in [1.165, 1.54) is 5.56 Å². The molecular weight excluding hydrogens is 250 g/mol. The third-order valence-electron chi connectivity index (χ3n) is 3.78. The summed E-state index contributed by atoms with van der Waals surface area (Å²) < 4.78 is 2.28. The Labute approximate surface area is 119 Å². The van der Waals surface area contributed by atoms with Crippen LogP contribution in [0.15, 0.2) is 24.5 Å². The first-order valence-corrected chi connectivity index (χ1v) is 7.31. The monoisotopic (exact) mass is 271 g/mol. The Kier molecular flexibility index (Phi) is 3.78. The highest BCUT2D eigenvalue weighted by Crippen LogP contribution is 2.24. The molecule has 1 aliphatic rings. The lowest BCUT2D eigenvalue weighted by atomic mass is 10.1. The molecular formula is C15H21N5. The lowest BCUT2D eigenvalue weighted by Crippen LogP contribution is -2.35. The van der Waals surface area contributed by atoms with E-state index < -0.39 is 0 Å². The maximum atomic E-state index is 4.42. The second kappa shape index (κ2) is 5.71. The van der Waals surface area contributed by atoms with Crippen molar-refractivity contribution in [2.45, 2.75) is 39.3 Å². The van der Waals surface area contributed by atoms with Gasteiger partial charge in [0.1, 0.15) is 5.82 Å². The van der Waals surface area contributed by atoms with Crippen LogP contribution in [0, 0.1) is 5.92 Å². The molecule has 5 nitrogen and oxygen atoms in total. The quantitative estimate of drug-likeness (QED) is 0.923. The molecule has 0 aliphatic carbocycles. The summed E-state index contributed by atoms with van der Waals surface area (Å²) in [6, 6.07) is 4.21. The molecule has 0 spiro atoms. The molecule has 0 radical (unpaired) electrons. The molecule has 106 valence electrons. The molecule has 3 rings (SSSR count). The number of nitrogens with zero attached hydrogens (tertiary/aromatic N) is 4. The van der Waals surface area contributed by atoms with Crippen molar-refractivity contribution >= 4 is 0 Å². The summed E-state index contributed by atoms with van der Waals surface area (Å²) in [5, 5.41) is 12.3. The minimum absolute atomic E-state index is 0.132. The Balaban J connectivity index is 1.87. The molecule has 0 bridgehead atoms.